The number of nitrogens with one attached hydrogen (secondary N) is 2. The van der Waals surface area contributed by atoms with Crippen LogP contribution in [0.5, 0.6) is 0 Å². The summed E-state index contributed by atoms with van der Waals surface area (Å²) in [4.78, 5) is 37.9. The van der Waals surface area contributed by atoms with Crippen molar-refractivity contribution in [3.05, 3.63) is 33.1 Å². The molecule has 3 amide bonds. The van der Waals surface area contributed by atoms with E-state index in [1.54, 1.807) is 6.08 Å². The minimum absolute atomic E-state index is 0.0341. The second kappa shape index (κ2) is 8.16. The van der Waals surface area contributed by atoms with Crippen molar-refractivity contribution >= 4 is 56.7 Å². The summed E-state index contributed by atoms with van der Waals surface area (Å²) in [5, 5.41) is 4.82. The van der Waals surface area contributed by atoms with Crippen molar-refractivity contribution in [1.82, 2.24) is 10.6 Å². The highest BCUT2D eigenvalue weighted by Gasteiger charge is 2.29. The van der Waals surface area contributed by atoms with Gasteiger partial charge < -0.3 is 15.0 Å². The van der Waals surface area contributed by atoms with Gasteiger partial charge in [-0.15, -0.1) is 0 Å². The number of hydrogen-bond acceptors (Lipinski definition) is 6. The molecule has 2 fully saturated rings. The zero-order chi connectivity index (χ0) is 20.5. The highest BCUT2D eigenvalue weighted by atomic mass is 79.9. The highest BCUT2D eigenvalue weighted by molar-refractivity contribution is 9.10. The van der Waals surface area contributed by atoms with Gasteiger partial charge in [-0.2, -0.15) is 0 Å². The van der Waals surface area contributed by atoms with Crippen LogP contribution in [-0.4, -0.2) is 42.0 Å². The van der Waals surface area contributed by atoms with Crippen LogP contribution >= 0.6 is 27.7 Å². The van der Waals surface area contributed by atoms with E-state index in [0.717, 1.165) is 40.5 Å². The third-order valence-corrected chi connectivity index (χ3v) is 5.62. The molecule has 0 saturated carbocycles. The average Bonchev–Trinajstić information content (AvgIpc) is 3.12. The standard InChI is InChI=1S/C19H22BrN3O4S/c1-19(2,3)27-17(25)21-12-7-8-23(10-12)15-11(5-4-6-13(15)20)9-14-16(24)22-18(26)28-14/h4-6,9,12H,7-8,10H2,1-3H3,(H,21,25)(H,22,24,26)/t12-/m0/s1. The summed E-state index contributed by atoms with van der Waals surface area (Å²) in [5.41, 5.74) is 1.22. The van der Waals surface area contributed by atoms with Gasteiger partial charge >= 0.3 is 6.09 Å². The molecule has 2 aliphatic rings. The number of carbonyl (C=O) groups excluding carboxylic acids is 3. The minimum Gasteiger partial charge on any atom is -0.444 e. The summed E-state index contributed by atoms with van der Waals surface area (Å²) < 4.78 is 6.22. The van der Waals surface area contributed by atoms with Crippen LogP contribution in [0, 0.1) is 0 Å². The van der Waals surface area contributed by atoms with E-state index in [1.165, 1.54) is 0 Å². The van der Waals surface area contributed by atoms with Gasteiger partial charge in [-0.1, -0.05) is 12.1 Å². The first kappa shape index (κ1) is 20.7. The SMILES string of the molecule is CC(C)(C)OC(=O)N[C@H]1CCN(c2c(Br)cccc2C=C2SC(=O)NC2=O)C1. The summed E-state index contributed by atoms with van der Waals surface area (Å²) in [6.07, 6.45) is 2.08. The number of carbonyl (C=O) groups is 3. The van der Waals surface area contributed by atoms with E-state index in [4.69, 9.17) is 4.74 Å². The quantitative estimate of drug-likeness (QED) is 0.655. The Morgan fingerprint density at radius 2 is 2.14 bits per heavy atom. The highest BCUT2D eigenvalue weighted by Crippen LogP contribution is 2.36. The van der Waals surface area contributed by atoms with E-state index in [-0.39, 0.29) is 17.2 Å². The number of hydrogen-bond donors (Lipinski definition) is 2. The maximum absolute atomic E-state index is 12.0. The number of rotatable bonds is 3. The first-order valence-electron chi connectivity index (χ1n) is 8.90. The molecule has 1 aromatic carbocycles. The Morgan fingerprint density at radius 1 is 1.39 bits per heavy atom. The van der Waals surface area contributed by atoms with Crippen LogP contribution in [0.3, 0.4) is 0 Å². The lowest BCUT2D eigenvalue weighted by atomic mass is 10.1. The van der Waals surface area contributed by atoms with Crippen molar-refractivity contribution in [3.8, 4) is 0 Å². The van der Waals surface area contributed by atoms with Crippen molar-refractivity contribution in [3.63, 3.8) is 0 Å². The van der Waals surface area contributed by atoms with Crippen LogP contribution in [0.4, 0.5) is 15.3 Å². The van der Waals surface area contributed by atoms with E-state index in [0.29, 0.717) is 11.4 Å². The van der Waals surface area contributed by atoms with E-state index in [1.807, 2.05) is 39.0 Å². The Hall–Kier alpha value is -2.00. The van der Waals surface area contributed by atoms with E-state index in [9.17, 15) is 14.4 Å². The average molecular weight is 468 g/mol. The number of nitrogens with zero attached hydrogens (tertiary/aromatic N) is 1. The summed E-state index contributed by atoms with van der Waals surface area (Å²) in [5.74, 6) is -0.383. The number of ether oxygens (including phenoxy) is 1. The van der Waals surface area contributed by atoms with Crippen LogP contribution in [-0.2, 0) is 9.53 Å². The lowest BCUT2D eigenvalue weighted by Crippen LogP contribution is -2.40. The molecule has 3 rings (SSSR count). The number of amides is 3. The van der Waals surface area contributed by atoms with Gasteiger partial charge in [0.25, 0.3) is 11.1 Å². The monoisotopic (exact) mass is 467 g/mol. The fourth-order valence-corrected chi connectivity index (χ4v) is 4.41. The maximum atomic E-state index is 12.0. The molecule has 28 heavy (non-hydrogen) atoms. The van der Waals surface area contributed by atoms with E-state index >= 15 is 0 Å². The van der Waals surface area contributed by atoms with Crippen molar-refractivity contribution in [2.24, 2.45) is 0 Å². The third kappa shape index (κ3) is 5.08. The number of halogens is 1. The molecule has 1 atom stereocenters. The van der Waals surface area contributed by atoms with Crippen LogP contribution in [0.2, 0.25) is 0 Å². The van der Waals surface area contributed by atoms with Gasteiger partial charge in [0.1, 0.15) is 5.60 Å². The molecule has 2 heterocycles. The van der Waals surface area contributed by atoms with Crippen LogP contribution < -0.4 is 15.5 Å². The fraction of sp³-hybridized carbons (Fsp3) is 0.421. The molecule has 0 aromatic heterocycles. The smallest absolute Gasteiger partial charge is 0.407 e. The molecule has 0 unspecified atom stereocenters. The number of anilines is 1. The molecule has 1 aromatic rings. The van der Waals surface area contributed by atoms with Crippen molar-refractivity contribution in [2.75, 3.05) is 18.0 Å². The van der Waals surface area contributed by atoms with Gasteiger partial charge in [0.2, 0.25) is 0 Å². The number of para-hydroxylation sites is 1. The van der Waals surface area contributed by atoms with Crippen molar-refractivity contribution in [1.29, 1.82) is 0 Å². The Balaban J connectivity index is 1.76. The molecule has 0 spiro atoms. The van der Waals surface area contributed by atoms with Gasteiger partial charge in [-0.25, -0.2) is 4.79 Å². The second-order valence-corrected chi connectivity index (χ2v) is 9.48. The molecule has 2 aliphatic heterocycles. The zero-order valence-corrected chi connectivity index (χ0v) is 18.3. The summed E-state index contributed by atoms with van der Waals surface area (Å²) in [6, 6.07) is 5.68. The fourth-order valence-electron chi connectivity index (χ4n) is 3.10. The van der Waals surface area contributed by atoms with Crippen molar-refractivity contribution in [2.45, 2.75) is 38.8 Å². The molecule has 0 bridgehead atoms. The number of imide groups is 1. The molecular formula is C19H22BrN3O4S. The van der Waals surface area contributed by atoms with Gasteiger partial charge in [0.15, 0.2) is 0 Å². The van der Waals surface area contributed by atoms with E-state index in [2.05, 4.69) is 31.5 Å². The molecule has 0 radical (unpaired) electrons. The van der Waals surface area contributed by atoms with Gasteiger partial charge in [-0.3, -0.25) is 14.9 Å². The molecule has 9 heteroatoms. The minimum atomic E-state index is -0.541. The number of thioether (sulfide) groups is 1. The molecule has 150 valence electrons. The lowest BCUT2D eigenvalue weighted by Gasteiger charge is -2.24. The Labute approximate surface area is 176 Å². The largest absolute Gasteiger partial charge is 0.444 e. The number of benzene rings is 1. The molecule has 7 nitrogen and oxygen atoms in total. The first-order chi connectivity index (χ1) is 13.1. The van der Waals surface area contributed by atoms with Gasteiger partial charge in [0, 0.05) is 23.1 Å². The van der Waals surface area contributed by atoms with Crippen LogP contribution in [0.1, 0.15) is 32.8 Å². The predicted molar refractivity (Wildman–Crippen MR) is 113 cm³/mol. The summed E-state index contributed by atoms with van der Waals surface area (Å²) in [6.45, 7) is 6.86. The third-order valence-electron chi connectivity index (χ3n) is 4.17. The van der Waals surface area contributed by atoms with Crippen LogP contribution in [0.25, 0.3) is 6.08 Å². The lowest BCUT2D eigenvalue weighted by molar-refractivity contribution is -0.115. The zero-order valence-electron chi connectivity index (χ0n) is 15.9. The Bertz CT molecular complexity index is 850. The van der Waals surface area contributed by atoms with Gasteiger partial charge in [-0.05, 0) is 67.0 Å². The number of alkyl carbamates (subject to hydrolysis) is 1. The summed E-state index contributed by atoms with van der Waals surface area (Å²) in [7, 11) is 0. The van der Waals surface area contributed by atoms with Gasteiger partial charge in [0.05, 0.1) is 16.6 Å². The first-order valence-corrected chi connectivity index (χ1v) is 10.5. The van der Waals surface area contributed by atoms with E-state index < -0.39 is 11.7 Å². The molecule has 2 N–H and O–H groups in total. The Kier molecular flexibility index (Phi) is 6.04. The molecule has 2 saturated heterocycles. The second-order valence-electron chi connectivity index (χ2n) is 7.61. The normalized spacial score (nSPS) is 21.2. The van der Waals surface area contributed by atoms with Crippen LogP contribution in [0.15, 0.2) is 27.6 Å². The Morgan fingerprint density at radius 3 is 2.79 bits per heavy atom. The maximum Gasteiger partial charge on any atom is 0.407 e. The molecule has 0 aliphatic carbocycles. The predicted octanol–water partition coefficient (Wildman–Crippen LogP) is 3.88. The topological polar surface area (TPSA) is 87.7 Å². The van der Waals surface area contributed by atoms with Crippen molar-refractivity contribution < 1.29 is 19.1 Å². The summed E-state index contributed by atoms with van der Waals surface area (Å²) >= 11 is 4.48. The molecular weight excluding hydrogens is 446 g/mol.